The van der Waals surface area contributed by atoms with Gasteiger partial charge in [0.25, 0.3) is 0 Å². The molecule has 0 aromatic heterocycles. The number of likely N-dealkylation sites (tertiary alicyclic amines) is 1. The zero-order valence-corrected chi connectivity index (χ0v) is 15.4. The Hall–Kier alpha value is -1.50. The van der Waals surface area contributed by atoms with Gasteiger partial charge < -0.3 is 19.5 Å². The molecule has 0 radical (unpaired) electrons. The van der Waals surface area contributed by atoms with Crippen LogP contribution in [0.1, 0.15) is 18.4 Å². The Balaban J connectivity index is 2.34. The molecule has 7 heteroatoms. The summed E-state index contributed by atoms with van der Waals surface area (Å²) in [6, 6.07) is 3.73. The summed E-state index contributed by atoms with van der Waals surface area (Å²) in [5.74, 6) is 1.06. The highest BCUT2D eigenvalue weighted by Crippen LogP contribution is 2.39. The van der Waals surface area contributed by atoms with Crippen LogP contribution >= 0.6 is 11.6 Å². The van der Waals surface area contributed by atoms with Gasteiger partial charge in [0.2, 0.25) is 5.91 Å². The van der Waals surface area contributed by atoms with Crippen LogP contribution in [0.4, 0.5) is 0 Å². The largest absolute Gasteiger partial charge is 0.493 e. The van der Waals surface area contributed by atoms with Crippen LogP contribution in [0.2, 0.25) is 5.02 Å². The lowest BCUT2D eigenvalue weighted by atomic mass is 9.95. The second kappa shape index (κ2) is 8.05. The Kier molecular flexibility index (Phi) is 6.32. The quantitative estimate of drug-likeness (QED) is 0.810. The molecular weight excluding hydrogens is 332 g/mol. The molecule has 1 atom stereocenters. The van der Waals surface area contributed by atoms with Crippen molar-refractivity contribution in [3.05, 3.63) is 22.7 Å². The van der Waals surface area contributed by atoms with Crippen molar-refractivity contribution in [1.82, 2.24) is 10.2 Å². The van der Waals surface area contributed by atoms with Gasteiger partial charge in [-0.05, 0) is 31.0 Å². The molecule has 1 fully saturated rings. The average molecular weight is 357 g/mol. The summed E-state index contributed by atoms with van der Waals surface area (Å²) in [5, 5.41) is 3.27. The average Bonchev–Trinajstić information content (AvgIpc) is 2.99. The molecule has 1 aliphatic heterocycles. The highest BCUT2D eigenvalue weighted by atomic mass is 35.5. The number of rotatable bonds is 7. The summed E-state index contributed by atoms with van der Waals surface area (Å²) in [5.41, 5.74) is 0.223. The molecule has 0 saturated carbocycles. The summed E-state index contributed by atoms with van der Waals surface area (Å²) >= 11 is 6.49. The summed E-state index contributed by atoms with van der Waals surface area (Å²) in [7, 11) is 6.40. The Labute approximate surface area is 148 Å². The fraction of sp³-hybridized carbons (Fsp3) is 0.588. The minimum Gasteiger partial charge on any atom is -0.493 e. The van der Waals surface area contributed by atoms with Crippen LogP contribution in [0.3, 0.4) is 0 Å². The lowest BCUT2D eigenvalue weighted by Gasteiger charge is -2.36. The van der Waals surface area contributed by atoms with E-state index in [4.69, 9.17) is 25.8 Å². The van der Waals surface area contributed by atoms with E-state index in [1.54, 1.807) is 28.4 Å². The molecule has 1 aromatic carbocycles. The topological polar surface area (TPSA) is 60.0 Å². The highest BCUT2D eigenvalue weighted by molar-refractivity contribution is 6.33. The van der Waals surface area contributed by atoms with Gasteiger partial charge in [0, 0.05) is 20.7 Å². The van der Waals surface area contributed by atoms with Crippen molar-refractivity contribution in [2.24, 2.45) is 0 Å². The van der Waals surface area contributed by atoms with Gasteiger partial charge in [-0.3, -0.25) is 9.69 Å². The molecule has 0 bridgehead atoms. The molecule has 1 aliphatic rings. The fourth-order valence-corrected chi connectivity index (χ4v) is 3.67. The normalized spacial score (nSPS) is 20.9. The van der Waals surface area contributed by atoms with Crippen molar-refractivity contribution in [1.29, 1.82) is 0 Å². The number of halogens is 1. The number of benzene rings is 1. The Bertz CT molecular complexity index is 596. The van der Waals surface area contributed by atoms with E-state index in [0.29, 0.717) is 29.7 Å². The molecule has 24 heavy (non-hydrogen) atoms. The summed E-state index contributed by atoms with van der Waals surface area (Å²) in [4.78, 5) is 14.7. The molecule has 0 aliphatic carbocycles. The zero-order chi connectivity index (χ0) is 17.7. The van der Waals surface area contributed by atoms with Gasteiger partial charge in [-0.2, -0.15) is 0 Å². The first-order valence-corrected chi connectivity index (χ1v) is 8.27. The van der Waals surface area contributed by atoms with Crippen LogP contribution in [0.15, 0.2) is 12.1 Å². The monoisotopic (exact) mass is 356 g/mol. The molecule has 1 N–H and O–H groups in total. The predicted molar refractivity (Wildman–Crippen MR) is 92.9 cm³/mol. The van der Waals surface area contributed by atoms with Crippen LogP contribution in [-0.2, 0) is 16.1 Å². The number of likely N-dealkylation sites (N-methyl/N-ethyl adjacent to an activating group) is 1. The molecule has 1 unspecified atom stereocenters. The van der Waals surface area contributed by atoms with E-state index in [-0.39, 0.29) is 5.91 Å². The van der Waals surface area contributed by atoms with E-state index in [1.165, 1.54) is 0 Å². The van der Waals surface area contributed by atoms with Gasteiger partial charge >= 0.3 is 0 Å². The van der Waals surface area contributed by atoms with Gasteiger partial charge in [-0.1, -0.05) is 17.7 Å². The van der Waals surface area contributed by atoms with Crippen LogP contribution in [0.25, 0.3) is 0 Å². The second-order valence-electron chi connectivity index (χ2n) is 5.84. The van der Waals surface area contributed by atoms with Gasteiger partial charge in [0.1, 0.15) is 5.54 Å². The first kappa shape index (κ1) is 18.8. The number of hydrogen-bond donors (Lipinski definition) is 1. The Morgan fingerprint density at radius 3 is 2.67 bits per heavy atom. The van der Waals surface area contributed by atoms with Crippen molar-refractivity contribution < 1.29 is 19.0 Å². The molecule has 1 heterocycles. The van der Waals surface area contributed by atoms with Crippen molar-refractivity contribution >= 4 is 17.5 Å². The standard InChI is InChI=1S/C17H25ClN2O4/c1-19-16(21)17(11-22-2)8-5-9-20(17)10-12-6-7-13(23-3)15(24-4)14(12)18/h6-7H,5,8-11H2,1-4H3,(H,19,21). The number of nitrogens with one attached hydrogen (secondary N) is 1. The molecule has 1 amide bonds. The Morgan fingerprint density at radius 2 is 2.08 bits per heavy atom. The van der Waals surface area contributed by atoms with Crippen LogP contribution in [0.5, 0.6) is 11.5 Å². The van der Waals surface area contributed by atoms with E-state index in [0.717, 1.165) is 24.9 Å². The van der Waals surface area contributed by atoms with Crippen molar-refractivity contribution in [3.63, 3.8) is 0 Å². The molecule has 134 valence electrons. The minimum atomic E-state index is -0.667. The van der Waals surface area contributed by atoms with Crippen LogP contribution in [-0.4, -0.2) is 57.9 Å². The van der Waals surface area contributed by atoms with E-state index in [1.807, 2.05) is 12.1 Å². The molecule has 1 aromatic rings. The number of carbonyl (C=O) groups excluding carboxylic acids is 1. The van der Waals surface area contributed by atoms with Crippen LogP contribution < -0.4 is 14.8 Å². The fourth-order valence-electron chi connectivity index (χ4n) is 3.38. The number of amides is 1. The van der Waals surface area contributed by atoms with Crippen molar-refractivity contribution in [2.75, 3.05) is 41.5 Å². The predicted octanol–water partition coefficient (Wildman–Crippen LogP) is 2.08. The first-order chi connectivity index (χ1) is 11.5. The second-order valence-corrected chi connectivity index (χ2v) is 6.22. The minimum absolute atomic E-state index is 0.0292. The third kappa shape index (κ3) is 3.31. The van der Waals surface area contributed by atoms with E-state index in [9.17, 15) is 4.79 Å². The number of ether oxygens (including phenoxy) is 3. The number of hydrogen-bond acceptors (Lipinski definition) is 5. The molecular formula is C17H25ClN2O4. The maximum Gasteiger partial charge on any atom is 0.242 e. The van der Waals surface area contributed by atoms with Gasteiger partial charge in [-0.25, -0.2) is 0 Å². The summed E-state index contributed by atoms with van der Waals surface area (Å²) < 4.78 is 16.0. The smallest absolute Gasteiger partial charge is 0.242 e. The van der Waals surface area contributed by atoms with E-state index < -0.39 is 5.54 Å². The van der Waals surface area contributed by atoms with Crippen molar-refractivity contribution in [2.45, 2.75) is 24.9 Å². The Morgan fingerprint density at radius 1 is 1.33 bits per heavy atom. The summed E-state index contributed by atoms with van der Waals surface area (Å²) in [6.45, 7) is 1.69. The van der Waals surface area contributed by atoms with Gasteiger partial charge in [-0.15, -0.1) is 0 Å². The highest BCUT2D eigenvalue weighted by Gasteiger charge is 2.47. The van der Waals surface area contributed by atoms with Crippen molar-refractivity contribution in [3.8, 4) is 11.5 Å². The molecule has 2 rings (SSSR count). The van der Waals surface area contributed by atoms with E-state index in [2.05, 4.69) is 10.2 Å². The maximum atomic E-state index is 12.5. The van der Waals surface area contributed by atoms with Gasteiger partial charge in [0.15, 0.2) is 11.5 Å². The lowest BCUT2D eigenvalue weighted by Crippen LogP contribution is -2.57. The molecule has 1 saturated heterocycles. The van der Waals surface area contributed by atoms with Crippen LogP contribution in [0, 0.1) is 0 Å². The third-order valence-corrected chi connectivity index (χ3v) is 5.00. The number of nitrogens with zero attached hydrogens (tertiary/aromatic N) is 1. The maximum absolute atomic E-state index is 12.5. The molecule has 6 nitrogen and oxygen atoms in total. The first-order valence-electron chi connectivity index (χ1n) is 7.89. The lowest BCUT2D eigenvalue weighted by molar-refractivity contribution is -0.135. The summed E-state index contributed by atoms with van der Waals surface area (Å²) in [6.07, 6.45) is 1.69. The number of methoxy groups -OCH3 is 3. The number of carbonyl (C=O) groups is 1. The third-order valence-electron chi connectivity index (χ3n) is 4.58. The van der Waals surface area contributed by atoms with Gasteiger partial charge in [0.05, 0.1) is 25.8 Å². The molecule has 0 spiro atoms. The van der Waals surface area contributed by atoms with E-state index >= 15 is 0 Å². The SMILES string of the molecule is CNC(=O)C1(COC)CCCN1Cc1ccc(OC)c(OC)c1Cl. The zero-order valence-electron chi connectivity index (χ0n) is 14.6.